The normalized spacial score (nSPS) is 11.8. The lowest BCUT2D eigenvalue weighted by Crippen LogP contribution is -2.40. The summed E-state index contributed by atoms with van der Waals surface area (Å²) >= 11 is 0. The fourth-order valence-electron chi connectivity index (χ4n) is 4.02. The molecular formula is C30H39N5O6S. The number of sulfonamides is 1. The summed E-state index contributed by atoms with van der Waals surface area (Å²) < 4.78 is 34.1. The van der Waals surface area contributed by atoms with Crippen LogP contribution in [0.25, 0.3) is 0 Å². The zero-order chi connectivity index (χ0) is 30.9. The van der Waals surface area contributed by atoms with Crippen molar-refractivity contribution in [2.75, 3.05) is 29.9 Å². The molecule has 0 saturated heterocycles. The van der Waals surface area contributed by atoms with Crippen LogP contribution in [0, 0.1) is 0 Å². The Balaban J connectivity index is 1.94. The van der Waals surface area contributed by atoms with Crippen LogP contribution in [0.15, 0.2) is 71.9 Å². The molecular weight excluding hydrogens is 558 g/mol. The largest absolute Gasteiger partial charge is 0.480 e. The van der Waals surface area contributed by atoms with E-state index in [2.05, 4.69) is 21.8 Å². The Labute approximate surface area is 247 Å². The molecule has 11 nitrogen and oxygen atoms in total. The van der Waals surface area contributed by atoms with Crippen molar-refractivity contribution in [2.24, 2.45) is 0 Å². The highest BCUT2D eigenvalue weighted by Crippen LogP contribution is 2.23. The van der Waals surface area contributed by atoms with Crippen molar-refractivity contribution in [3.63, 3.8) is 0 Å². The van der Waals surface area contributed by atoms with E-state index in [9.17, 15) is 23.1 Å². The minimum atomic E-state index is -4.06. The van der Waals surface area contributed by atoms with Crippen molar-refractivity contribution >= 4 is 33.6 Å². The van der Waals surface area contributed by atoms with Crippen LogP contribution < -0.4 is 9.80 Å². The summed E-state index contributed by atoms with van der Waals surface area (Å²) in [7, 11) is -2.04. The standard InChI is InChI=1S/C30H39N5O6S/c1-6-7-19-33(5)25-16-14-23(15-17-25)20-34(42(39,40)27-13-8-9-18-31-27)21-24-11-10-12-26(32-24)35(22-28(36)37)29(38)41-30(2,3)4/h8-18H,6-7,19-22H2,1-5H3,(H,36,37). The first-order chi connectivity index (χ1) is 19.8. The second-order valence-corrected chi connectivity index (χ2v) is 12.7. The van der Waals surface area contributed by atoms with Crippen LogP contribution >= 0.6 is 0 Å². The minimum absolute atomic E-state index is 0.0267. The summed E-state index contributed by atoms with van der Waals surface area (Å²) in [6, 6.07) is 17.0. The molecule has 0 aliphatic heterocycles. The lowest BCUT2D eigenvalue weighted by atomic mass is 10.2. The Kier molecular flexibility index (Phi) is 11.0. The van der Waals surface area contributed by atoms with Crippen molar-refractivity contribution in [3.8, 4) is 0 Å². The van der Waals surface area contributed by atoms with E-state index in [1.807, 2.05) is 31.3 Å². The van der Waals surface area contributed by atoms with Crippen molar-refractivity contribution in [3.05, 3.63) is 78.1 Å². The summed E-state index contributed by atoms with van der Waals surface area (Å²) in [6.07, 6.45) is 2.69. The summed E-state index contributed by atoms with van der Waals surface area (Å²) in [6.45, 7) is 7.27. The van der Waals surface area contributed by atoms with Crippen molar-refractivity contribution in [1.82, 2.24) is 14.3 Å². The van der Waals surface area contributed by atoms with Crippen LogP contribution in [0.5, 0.6) is 0 Å². The van der Waals surface area contributed by atoms with Gasteiger partial charge in [0.2, 0.25) is 0 Å². The molecule has 226 valence electrons. The first-order valence-electron chi connectivity index (χ1n) is 13.7. The number of rotatable bonds is 13. The zero-order valence-electron chi connectivity index (χ0n) is 24.7. The SMILES string of the molecule is CCCCN(C)c1ccc(CN(Cc2cccc(N(CC(=O)O)C(=O)OC(C)(C)C)n2)S(=O)(=O)c2ccccn2)cc1. The maximum absolute atomic E-state index is 13.7. The number of nitrogens with zero attached hydrogens (tertiary/aromatic N) is 5. The third kappa shape index (κ3) is 9.25. The molecule has 2 heterocycles. The highest BCUT2D eigenvalue weighted by atomic mass is 32.2. The summed E-state index contributed by atoms with van der Waals surface area (Å²) in [5.74, 6) is -1.23. The van der Waals surface area contributed by atoms with Gasteiger partial charge in [-0.3, -0.25) is 9.69 Å². The van der Waals surface area contributed by atoms with E-state index in [-0.39, 0.29) is 23.9 Å². The van der Waals surface area contributed by atoms with Gasteiger partial charge in [0, 0.05) is 32.0 Å². The predicted octanol–water partition coefficient (Wildman–Crippen LogP) is 4.93. The Morgan fingerprint density at radius 3 is 2.29 bits per heavy atom. The average Bonchev–Trinajstić information content (AvgIpc) is 2.94. The topological polar surface area (TPSA) is 133 Å². The molecule has 0 aliphatic carbocycles. The van der Waals surface area contributed by atoms with Gasteiger partial charge in [-0.05, 0) is 69.2 Å². The van der Waals surface area contributed by atoms with Gasteiger partial charge in [-0.25, -0.2) is 23.2 Å². The van der Waals surface area contributed by atoms with Crippen LogP contribution in [-0.2, 0) is 32.6 Å². The molecule has 42 heavy (non-hydrogen) atoms. The number of ether oxygens (including phenoxy) is 1. The van der Waals surface area contributed by atoms with Gasteiger partial charge < -0.3 is 14.7 Å². The van der Waals surface area contributed by atoms with E-state index < -0.39 is 34.2 Å². The Hall–Kier alpha value is -4.03. The number of carboxylic acid groups (broad SMARTS) is 1. The van der Waals surface area contributed by atoms with Gasteiger partial charge in [0.25, 0.3) is 10.0 Å². The second-order valence-electron chi connectivity index (χ2n) is 10.8. The smallest absolute Gasteiger partial charge is 0.416 e. The summed E-state index contributed by atoms with van der Waals surface area (Å²) in [5.41, 5.74) is 1.24. The van der Waals surface area contributed by atoms with Crippen LogP contribution in [0.4, 0.5) is 16.3 Å². The van der Waals surface area contributed by atoms with Gasteiger partial charge in [0.05, 0.1) is 12.2 Å². The predicted molar refractivity (Wildman–Crippen MR) is 161 cm³/mol. The first-order valence-corrected chi connectivity index (χ1v) is 15.1. The first kappa shape index (κ1) is 32.5. The van der Waals surface area contributed by atoms with Gasteiger partial charge in [0.15, 0.2) is 5.03 Å². The number of amides is 1. The molecule has 0 atom stereocenters. The quantitative estimate of drug-likeness (QED) is 0.291. The second kappa shape index (κ2) is 14.2. The number of anilines is 2. The number of aromatic nitrogens is 2. The molecule has 0 aliphatic rings. The molecule has 0 radical (unpaired) electrons. The molecule has 3 aromatic rings. The van der Waals surface area contributed by atoms with Gasteiger partial charge in [-0.1, -0.05) is 37.6 Å². The number of unbranched alkanes of at least 4 members (excludes halogenated alkanes) is 1. The van der Waals surface area contributed by atoms with Gasteiger partial charge in [0.1, 0.15) is 18.0 Å². The Bertz CT molecular complexity index is 1440. The van der Waals surface area contributed by atoms with Gasteiger partial charge >= 0.3 is 12.1 Å². The maximum atomic E-state index is 13.7. The lowest BCUT2D eigenvalue weighted by Gasteiger charge is -2.26. The third-order valence-corrected chi connectivity index (χ3v) is 7.85. The Morgan fingerprint density at radius 1 is 0.976 bits per heavy atom. The van der Waals surface area contributed by atoms with Crippen LogP contribution in [0.1, 0.15) is 51.8 Å². The molecule has 1 N–H and O–H groups in total. The maximum Gasteiger partial charge on any atom is 0.416 e. The van der Waals surface area contributed by atoms with Crippen LogP contribution in [0.3, 0.4) is 0 Å². The molecule has 0 fully saturated rings. The van der Waals surface area contributed by atoms with Gasteiger partial charge in [-0.2, -0.15) is 4.31 Å². The summed E-state index contributed by atoms with van der Waals surface area (Å²) in [5, 5.41) is 9.31. The van der Waals surface area contributed by atoms with Crippen LogP contribution in [-0.4, -0.2) is 65.6 Å². The van der Waals surface area contributed by atoms with E-state index in [1.165, 1.54) is 22.6 Å². The molecule has 0 saturated carbocycles. The van der Waals surface area contributed by atoms with Crippen molar-refractivity contribution in [1.29, 1.82) is 0 Å². The number of carboxylic acids is 1. The minimum Gasteiger partial charge on any atom is -0.480 e. The van der Waals surface area contributed by atoms with Gasteiger partial charge in [-0.15, -0.1) is 0 Å². The fourth-order valence-corrected chi connectivity index (χ4v) is 5.35. The molecule has 3 rings (SSSR count). The fraction of sp³-hybridized carbons (Fsp3) is 0.400. The van der Waals surface area contributed by atoms with E-state index >= 15 is 0 Å². The van der Waals surface area contributed by atoms with Crippen LogP contribution in [0.2, 0.25) is 0 Å². The molecule has 0 unspecified atom stereocenters. The number of carbonyl (C=O) groups excluding carboxylic acids is 1. The molecule has 0 bridgehead atoms. The van der Waals surface area contributed by atoms with E-state index in [0.29, 0.717) is 5.69 Å². The number of hydrogen-bond acceptors (Lipinski definition) is 8. The van der Waals surface area contributed by atoms with Crippen molar-refractivity contribution < 1.29 is 27.9 Å². The number of benzene rings is 1. The number of pyridine rings is 2. The van der Waals surface area contributed by atoms with E-state index in [0.717, 1.165) is 35.5 Å². The van der Waals surface area contributed by atoms with Crippen molar-refractivity contribution in [2.45, 2.75) is 64.3 Å². The highest BCUT2D eigenvalue weighted by molar-refractivity contribution is 7.89. The van der Waals surface area contributed by atoms with E-state index in [1.54, 1.807) is 45.0 Å². The monoisotopic (exact) mass is 597 g/mol. The molecule has 1 amide bonds. The molecule has 12 heteroatoms. The number of hydrogen-bond donors (Lipinski definition) is 1. The number of carbonyl (C=O) groups is 2. The molecule has 1 aromatic carbocycles. The third-order valence-electron chi connectivity index (χ3n) is 6.14. The average molecular weight is 598 g/mol. The molecule has 2 aromatic heterocycles. The lowest BCUT2D eigenvalue weighted by molar-refractivity contribution is -0.135. The van der Waals surface area contributed by atoms with E-state index in [4.69, 9.17) is 4.74 Å². The highest BCUT2D eigenvalue weighted by Gasteiger charge is 2.29. The Morgan fingerprint density at radius 2 is 1.69 bits per heavy atom. The number of aliphatic carboxylic acids is 1. The molecule has 0 spiro atoms. The summed E-state index contributed by atoms with van der Waals surface area (Å²) in [4.78, 5) is 36.0. The zero-order valence-corrected chi connectivity index (χ0v) is 25.5.